The van der Waals surface area contributed by atoms with E-state index in [4.69, 9.17) is 10.5 Å². The minimum Gasteiger partial charge on any atom is -0.376 e. The van der Waals surface area contributed by atoms with E-state index in [1.54, 1.807) is 0 Å². The van der Waals surface area contributed by atoms with Gasteiger partial charge in [0.15, 0.2) is 0 Å². The lowest BCUT2D eigenvalue weighted by Gasteiger charge is -2.33. The first-order valence-electron chi connectivity index (χ1n) is 7.71. The normalized spacial score (nSPS) is 23.5. The fourth-order valence-corrected chi connectivity index (χ4v) is 2.83. The summed E-state index contributed by atoms with van der Waals surface area (Å²) >= 11 is 0. The van der Waals surface area contributed by atoms with Crippen LogP contribution in [-0.4, -0.2) is 43.8 Å². The fourth-order valence-electron chi connectivity index (χ4n) is 2.83. The SMILES string of the molecule is CCC1CN(CCCC(CCN)C(C)C)CCO1. The Balaban J connectivity index is 2.19. The highest BCUT2D eigenvalue weighted by Crippen LogP contribution is 2.21. The molecule has 1 aliphatic rings. The van der Waals surface area contributed by atoms with Gasteiger partial charge in [-0.15, -0.1) is 0 Å². The fraction of sp³-hybridized carbons (Fsp3) is 1.00. The molecule has 0 amide bonds. The first kappa shape index (κ1) is 15.9. The molecule has 0 bridgehead atoms. The maximum absolute atomic E-state index is 5.70. The Labute approximate surface area is 113 Å². The molecule has 18 heavy (non-hydrogen) atoms. The highest BCUT2D eigenvalue weighted by atomic mass is 16.5. The average molecular weight is 256 g/mol. The molecule has 3 nitrogen and oxygen atoms in total. The third-order valence-corrected chi connectivity index (χ3v) is 4.21. The Morgan fingerprint density at radius 2 is 2.11 bits per heavy atom. The maximum atomic E-state index is 5.70. The third kappa shape index (κ3) is 5.68. The summed E-state index contributed by atoms with van der Waals surface area (Å²) in [7, 11) is 0. The smallest absolute Gasteiger partial charge is 0.0700 e. The Bertz CT molecular complexity index is 209. The molecule has 0 spiro atoms. The Morgan fingerprint density at radius 3 is 2.72 bits per heavy atom. The number of hydrogen-bond donors (Lipinski definition) is 1. The molecule has 0 aromatic heterocycles. The monoisotopic (exact) mass is 256 g/mol. The van der Waals surface area contributed by atoms with Crippen molar-refractivity contribution in [3.05, 3.63) is 0 Å². The van der Waals surface area contributed by atoms with E-state index in [-0.39, 0.29) is 0 Å². The van der Waals surface area contributed by atoms with Crippen LogP contribution in [0.2, 0.25) is 0 Å². The summed E-state index contributed by atoms with van der Waals surface area (Å²) in [5.41, 5.74) is 5.69. The van der Waals surface area contributed by atoms with Crippen molar-refractivity contribution < 1.29 is 4.74 Å². The second kappa shape index (κ2) is 8.89. The van der Waals surface area contributed by atoms with E-state index in [1.807, 2.05) is 0 Å². The molecule has 1 rings (SSSR count). The van der Waals surface area contributed by atoms with Crippen LogP contribution < -0.4 is 5.73 Å². The molecule has 2 atom stereocenters. The van der Waals surface area contributed by atoms with Crippen LogP contribution in [0.3, 0.4) is 0 Å². The highest BCUT2D eigenvalue weighted by Gasteiger charge is 2.19. The summed E-state index contributed by atoms with van der Waals surface area (Å²) < 4.78 is 5.70. The second-order valence-corrected chi connectivity index (χ2v) is 5.93. The van der Waals surface area contributed by atoms with Gasteiger partial charge in [-0.05, 0) is 50.6 Å². The van der Waals surface area contributed by atoms with Crippen LogP contribution in [0.15, 0.2) is 0 Å². The van der Waals surface area contributed by atoms with Gasteiger partial charge in [0.05, 0.1) is 12.7 Å². The van der Waals surface area contributed by atoms with Crippen molar-refractivity contribution in [2.24, 2.45) is 17.6 Å². The van der Waals surface area contributed by atoms with Gasteiger partial charge in [-0.3, -0.25) is 4.90 Å². The predicted molar refractivity (Wildman–Crippen MR) is 77.7 cm³/mol. The van der Waals surface area contributed by atoms with Crippen LogP contribution in [0.5, 0.6) is 0 Å². The van der Waals surface area contributed by atoms with Crippen molar-refractivity contribution in [1.29, 1.82) is 0 Å². The van der Waals surface area contributed by atoms with Crippen LogP contribution in [0.25, 0.3) is 0 Å². The lowest BCUT2D eigenvalue weighted by Crippen LogP contribution is -2.42. The lowest BCUT2D eigenvalue weighted by atomic mass is 9.88. The lowest BCUT2D eigenvalue weighted by molar-refractivity contribution is -0.0303. The van der Waals surface area contributed by atoms with Gasteiger partial charge in [0, 0.05) is 13.1 Å². The first-order valence-corrected chi connectivity index (χ1v) is 7.71. The minimum atomic E-state index is 0.462. The zero-order valence-electron chi connectivity index (χ0n) is 12.5. The van der Waals surface area contributed by atoms with Crippen LogP contribution >= 0.6 is 0 Å². The summed E-state index contributed by atoms with van der Waals surface area (Å²) in [6.07, 6.45) is 5.41. The van der Waals surface area contributed by atoms with E-state index in [1.165, 1.54) is 25.8 Å². The number of nitrogens with zero attached hydrogens (tertiary/aromatic N) is 1. The predicted octanol–water partition coefficient (Wildman–Crippen LogP) is 2.50. The number of hydrogen-bond acceptors (Lipinski definition) is 3. The molecule has 1 aliphatic heterocycles. The summed E-state index contributed by atoms with van der Waals surface area (Å²) in [5.74, 6) is 1.57. The van der Waals surface area contributed by atoms with Crippen LogP contribution in [0.4, 0.5) is 0 Å². The molecule has 0 aromatic carbocycles. The van der Waals surface area contributed by atoms with E-state index in [2.05, 4.69) is 25.7 Å². The zero-order valence-corrected chi connectivity index (χ0v) is 12.5. The van der Waals surface area contributed by atoms with E-state index in [9.17, 15) is 0 Å². The van der Waals surface area contributed by atoms with Gasteiger partial charge in [0.25, 0.3) is 0 Å². The van der Waals surface area contributed by atoms with Crippen molar-refractivity contribution >= 4 is 0 Å². The molecule has 108 valence electrons. The summed E-state index contributed by atoms with van der Waals surface area (Å²) in [6.45, 7) is 12.1. The molecule has 0 aliphatic carbocycles. The van der Waals surface area contributed by atoms with Crippen molar-refractivity contribution in [3.8, 4) is 0 Å². The van der Waals surface area contributed by atoms with Gasteiger partial charge in [-0.25, -0.2) is 0 Å². The number of morpholine rings is 1. The van der Waals surface area contributed by atoms with Gasteiger partial charge in [0.2, 0.25) is 0 Å². The molecule has 1 heterocycles. The molecule has 0 saturated carbocycles. The third-order valence-electron chi connectivity index (χ3n) is 4.21. The van der Waals surface area contributed by atoms with E-state index < -0.39 is 0 Å². The van der Waals surface area contributed by atoms with E-state index in [0.717, 1.165) is 44.5 Å². The van der Waals surface area contributed by atoms with Gasteiger partial charge < -0.3 is 10.5 Å². The molecule has 1 fully saturated rings. The summed E-state index contributed by atoms with van der Waals surface area (Å²) in [6, 6.07) is 0. The number of rotatable bonds is 8. The van der Waals surface area contributed by atoms with Crippen LogP contribution in [-0.2, 0) is 4.74 Å². The van der Waals surface area contributed by atoms with E-state index >= 15 is 0 Å². The van der Waals surface area contributed by atoms with Crippen LogP contribution in [0.1, 0.15) is 46.5 Å². The van der Waals surface area contributed by atoms with E-state index in [0.29, 0.717) is 6.10 Å². The topological polar surface area (TPSA) is 38.5 Å². The number of nitrogens with two attached hydrogens (primary N) is 1. The Kier molecular flexibility index (Phi) is 7.87. The van der Waals surface area contributed by atoms with Crippen molar-refractivity contribution in [2.45, 2.75) is 52.6 Å². The summed E-state index contributed by atoms with van der Waals surface area (Å²) in [4.78, 5) is 2.57. The van der Waals surface area contributed by atoms with Crippen LogP contribution in [0, 0.1) is 11.8 Å². The van der Waals surface area contributed by atoms with Gasteiger partial charge in [0.1, 0.15) is 0 Å². The van der Waals surface area contributed by atoms with Gasteiger partial charge in [-0.1, -0.05) is 20.8 Å². The van der Waals surface area contributed by atoms with Crippen molar-refractivity contribution in [1.82, 2.24) is 4.90 Å². The molecule has 2 unspecified atom stereocenters. The first-order chi connectivity index (χ1) is 8.67. The molecular formula is C15H32N2O. The average Bonchev–Trinajstić information content (AvgIpc) is 2.38. The molecule has 2 N–H and O–H groups in total. The Hall–Kier alpha value is -0.120. The molecular weight excluding hydrogens is 224 g/mol. The maximum Gasteiger partial charge on any atom is 0.0700 e. The summed E-state index contributed by atoms with van der Waals surface area (Å²) in [5, 5.41) is 0. The van der Waals surface area contributed by atoms with Crippen molar-refractivity contribution in [2.75, 3.05) is 32.8 Å². The molecule has 0 radical (unpaired) electrons. The molecule has 0 aromatic rings. The standard InChI is InChI=1S/C15H32N2O/c1-4-15-12-17(10-11-18-15)9-5-6-14(7-8-16)13(2)3/h13-15H,4-12,16H2,1-3H3. The quantitative estimate of drug-likeness (QED) is 0.725. The molecule has 3 heteroatoms. The van der Waals surface area contributed by atoms with Gasteiger partial charge >= 0.3 is 0 Å². The Morgan fingerprint density at radius 1 is 1.33 bits per heavy atom. The molecule has 1 saturated heterocycles. The van der Waals surface area contributed by atoms with Crippen molar-refractivity contribution in [3.63, 3.8) is 0 Å². The number of ether oxygens (including phenoxy) is 1. The highest BCUT2D eigenvalue weighted by molar-refractivity contribution is 4.71. The second-order valence-electron chi connectivity index (χ2n) is 5.93. The largest absolute Gasteiger partial charge is 0.376 e. The minimum absolute atomic E-state index is 0.462. The zero-order chi connectivity index (χ0) is 13.4. The van der Waals surface area contributed by atoms with Gasteiger partial charge in [-0.2, -0.15) is 0 Å².